The molecule has 37 heavy (non-hydrogen) atoms. The van der Waals surface area contributed by atoms with Crippen LogP contribution in [0.25, 0.3) is 0 Å². The number of aryl methyl sites for hydroxylation is 1. The third-order valence-electron chi connectivity index (χ3n) is 7.46. The van der Waals surface area contributed by atoms with E-state index in [9.17, 15) is 9.59 Å². The first kappa shape index (κ1) is 26.5. The standard InChI is InChI=1S/C29H38N4O4/c1-36-25-15-12-20(17-26(25)37-2)18-27(34)33-29(30)32-24(16-19-8-4-3-5-9-19)28(35)31-23-14-13-21-10-6-7-11-22(21)23/h6-7,10-12,15,17,19,23-24H,3-5,8-9,13-14,16,18H2,1-2H3,(H,31,35)(H3,30,32,33,34)/t23-,24-/m1/s1. The fourth-order valence-electron chi connectivity index (χ4n) is 5.54. The average molecular weight is 507 g/mol. The first-order valence-electron chi connectivity index (χ1n) is 13.2. The van der Waals surface area contributed by atoms with Gasteiger partial charge in [0.15, 0.2) is 17.5 Å². The number of carbonyl (C=O) groups excluding carboxylic acids is 2. The van der Waals surface area contributed by atoms with Crippen LogP contribution in [0.2, 0.25) is 0 Å². The quantitative estimate of drug-likeness (QED) is 0.303. The van der Waals surface area contributed by atoms with Gasteiger partial charge in [-0.2, -0.15) is 0 Å². The van der Waals surface area contributed by atoms with Crippen LogP contribution >= 0.6 is 0 Å². The Hall–Kier alpha value is -3.55. The van der Waals surface area contributed by atoms with Crippen LogP contribution in [0.3, 0.4) is 0 Å². The second kappa shape index (κ2) is 12.6. The minimum absolute atomic E-state index is 0.0202. The van der Waals surface area contributed by atoms with Gasteiger partial charge in [0.2, 0.25) is 11.8 Å². The molecular formula is C29H38N4O4. The highest BCUT2D eigenvalue weighted by Crippen LogP contribution is 2.32. The van der Waals surface area contributed by atoms with Gasteiger partial charge in [0.25, 0.3) is 0 Å². The molecule has 0 spiro atoms. The molecule has 8 nitrogen and oxygen atoms in total. The lowest BCUT2D eigenvalue weighted by atomic mass is 9.84. The van der Waals surface area contributed by atoms with E-state index in [1.165, 1.54) is 30.4 Å². The number of methoxy groups -OCH3 is 2. The molecule has 1 fully saturated rings. The Bertz CT molecular complexity index is 1110. The van der Waals surface area contributed by atoms with Crippen LogP contribution in [0, 0.1) is 11.3 Å². The van der Waals surface area contributed by atoms with Crippen molar-refractivity contribution in [2.24, 2.45) is 5.92 Å². The molecule has 2 aliphatic carbocycles. The predicted octanol–water partition coefficient (Wildman–Crippen LogP) is 4.03. The summed E-state index contributed by atoms with van der Waals surface area (Å²) in [5, 5.41) is 17.2. The SMILES string of the molecule is COc1ccc(CC(=O)NC(=N)N[C@H](CC2CCCCC2)C(=O)N[C@@H]2CCc3ccccc32)cc1OC. The second-order valence-corrected chi connectivity index (χ2v) is 10.0. The van der Waals surface area contributed by atoms with Crippen LogP contribution in [0.5, 0.6) is 11.5 Å². The van der Waals surface area contributed by atoms with Crippen LogP contribution in [0.15, 0.2) is 42.5 Å². The molecule has 0 radical (unpaired) electrons. The van der Waals surface area contributed by atoms with Crippen LogP contribution in [0.4, 0.5) is 0 Å². The first-order valence-corrected chi connectivity index (χ1v) is 13.2. The second-order valence-electron chi connectivity index (χ2n) is 10.0. The molecule has 0 unspecified atom stereocenters. The first-order chi connectivity index (χ1) is 18.0. The molecule has 8 heteroatoms. The summed E-state index contributed by atoms with van der Waals surface area (Å²) in [4.78, 5) is 26.1. The molecule has 0 saturated heterocycles. The van der Waals surface area contributed by atoms with Gasteiger partial charge in [-0.25, -0.2) is 0 Å². The molecule has 0 aliphatic heterocycles. The fourth-order valence-corrected chi connectivity index (χ4v) is 5.54. The van der Waals surface area contributed by atoms with Crippen molar-refractivity contribution < 1.29 is 19.1 Å². The van der Waals surface area contributed by atoms with E-state index in [1.54, 1.807) is 32.4 Å². The maximum absolute atomic E-state index is 13.4. The fraction of sp³-hybridized carbons (Fsp3) is 0.483. The molecule has 2 aromatic carbocycles. The summed E-state index contributed by atoms with van der Waals surface area (Å²) in [7, 11) is 3.10. The van der Waals surface area contributed by atoms with Gasteiger partial charge in [0, 0.05) is 0 Å². The maximum atomic E-state index is 13.4. The Morgan fingerprint density at radius 3 is 2.51 bits per heavy atom. The Morgan fingerprint density at radius 2 is 1.76 bits per heavy atom. The lowest BCUT2D eigenvalue weighted by Gasteiger charge is -2.28. The van der Waals surface area contributed by atoms with Crippen molar-refractivity contribution in [1.82, 2.24) is 16.0 Å². The van der Waals surface area contributed by atoms with Crippen LogP contribution in [-0.2, 0) is 22.4 Å². The topological polar surface area (TPSA) is 113 Å². The summed E-state index contributed by atoms with van der Waals surface area (Å²) >= 11 is 0. The summed E-state index contributed by atoms with van der Waals surface area (Å²) < 4.78 is 10.6. The largest absolute Gasteiger partial charge is 0.493 e. The number of hydrogen-bond acceptors (Lipinski definition) is 5. The van der Waals surface area contributed by atoms with Crippen molar-refractivity contribution in [3.8, 4) is 11.5 Å². The molecule has 2 aromatic rings. The van der Waals surface area contributed by atoms with E-state index >= 15 is 0 Å². The summed E-state index contributed by atoms with van der Waals surface area (Å²) in [5.74, 6) is 0.940. The monoisotopic (exact) mass is 506 g/mol. The van der Waals surface area contributed by atoms with Gasteiger partial charge >= 0.3 is 0 Å². The molecule has 0 bridgehead atoms. The zero-order valence-corrected chi connectivity index (χ0v) is 21.8. The highest BCUT2D eigenvalue weighted by atomic mass is 16.5. The van der Waals surface area contributed by atoms with Crippen molar-refractivity contribution >= 4 is 17.8 Å². The van der Waals surface area contributed by atoms with Gasteiger partial charge in [0.05, 0.1) is 26.7 Å². The number of fused-ring (bicyclic) bond motifs is 1. The third kappa shape index (κ3) is 7.02. The van der Waals surface area contributed by atoms with E-state index in [1.807, 2.05) is 12.1 Å². The van der Waals surface area contributed by atoms with Gasteiger partial charge < -0.3 is 20.1 Å². The number of nitrogens with one attached hydrogen (secondary N) is 4. The van der Waals surface area contributed by atoms with Gasteiger partial charge in [-0.15, -0.1) is 0 Å². The van der Waals surface area contributed by atoms with E-state index in [2.05, 4.69) is 28.1 Å². The van der Waals surface area contributed by atoms with Crippen molar-refractivity contribution in [2.75, 3.05) is 14.2 Å². The molecule has 4 N–H and O–H groups in total. The number of hydrogen-bond donors (Lipinski definition) is 4. The lowest BCUT2D eigenvalue weighted by molar-refractivity contribution is -0.124. The molecule has 4 rings (SSSR count). The maximum Gasteiger partial charge on any atom is 0.243 e. The van der Waals surface area contributed by atoms with Crippen molar-refractivity contribution in [3.05, 3.63) is 59.2 Å². The summed E-state index contributed by atoms with van der Waals surface area (Å²) in [5.41, 5.74) is 3.18. The highest BCUT2D eigenvalue weighted by molar-refractivity contribution is 5.98. The lowest BCUT2D eigenvalue weighted by Crippen LogP contribution is -2.52. The van der Waals surface area contributed by atoms with Crippen molar-refractivity contribution in [2.45, 2.75) is 69.9 Å². The zero-order valence-electron chi connectivity index (χ0n) is 21.8. The predicted molar refractivity (Wildman–Crippen MR) is 143 cm³/mol. The summed E-state index contributed by atoms with van der Waals surface area (Å²) in [6.45, 7) is 0. The summed E-state index contributed by atoms with van der Waals surface area (Å²) in [6, 6.07) is 12.9. The number of guanidine groups is 1. The molecule has 0 heterocycles. The molecule has 1 saturated carbocycles. The third-order valence-corrected chi connectivity index (χ3v) is 7.46. The Balaban J connectivity index is 1.37. The van der Waals surface area contributed by atoms with Gasteiger partial charge in [-0.1, -0.05) is 62.4 Å². The van der Waals surface area contributed by atoms with E-state index < -0.39 is 6.04 Å². The molecule has 2 aliphatic rings. The zero-order chi connectivity index (χ0) is 26.2. The number of amides is 2. The van der Waals surface area contributed by atoms with Crippen LogP contribution < -0.4 is 25.4 Å². The molecule has 2 atom stereocenters. The van der Waals surface area contributed by atoms with E-state index in [0.717, 1.165) is 31.2 Å². The van der Waals surface area contributed by atoms with E-state index in [-0.39, 0.29) is 30.2 Å². The smallest absolute Gasteiger partial charge is 0.243 e. The molecular weight excluding hydrogens is 468 g/mol. The van der Waals surface area contributed by atoms with Gasteiger partial charge in [-0.3, -0.25) is 20.3 Å². The molecule has 0 aromatic heterocycles. The average Bonchev–Trinajstić information content (AvgIpc) is 3.31. The van der Waals surface area contributed by atoms with Crippen molar-refractivity contribution in [1.29, 1.82) is 5.41 Å². The minimum atomic E-state index is -0.579. The highest BCUT2D eigenvalue weighted by Gasteiger charge is 2.29. The minimum Gasteiger partial charge on any atom is -0.493 e. The van der Waals surface area contributed by atoms with Gasteiger partial charge in [-0.05, 0) is 54.0 Å². The summed E-state index contributed by atoms with van der Waals surface area (Å²) in [6.07, 6.45) is 8.32. The van der Waals surface area contributed by atoms with Gasteiger partial charge in [0.1, 0.15) is 6.04 Å². The van der Waals surface area contributed by atoms with E-state index in [0.29, 0.717) is 23.8 Å². The molecule has 198 valence electrons. The number of rotatable bonds is 9. The Kier molecular flexibility index (Phi) is 9.04. The molecule has 2 amide bonds. The van der Waals surface area contributed by atoms with Crippen LogP contribution in [-0.4, -0.2) is 38.0 Å². The van der Waals surface area contributed by atoms with Crippen LogP contribution in [0.1, 0.15) is 67.7 Å². The normalized spacial score (nSPS) is 17.8. The van der Waals surface area contributed by atoms with E-state index in [4.69, 9.17) is 14.9 Å². The number of benzene rings is 2. The Labute approximate surface area is 219 Å². The number of ether oxygens (including phenoxy) is 2. The Morgan fingerprint density at radius 1 is 1.00 bits per heavy atom. The number of carbonyl (C=O) groups is 2. The van der Waals surface area contributed by atoms with Crippen molar-refractivity contribution in [3.63, 3.8) is 0 Å².